The number of benzene rings is 1. The van der Waals surface area contributed by atoms with E-state index in [2.05, 4.69) is 15.0 Å². The number of pyridine rings is 1. The highest BCUT2D eigenvalue weighted by Gasteiger charge is 2.15. The van der Waals surface area contributed by atoms with Gasteiger partial charge < -0.3 is 9.72 Å². The first-order chi connectivity index (χ1) is 10.2. The molecule has 0 amide bonds. The summed E-state index contributed by atoms with van der Waals surface area (Å²) >= 11 is 0. The van der Waals surface area contributed by atoms with Gasteiger partial charge in [0.05, 0.1) is 30.3 Å². The van der Waals surface area contributed by atoms with Gasteiger partial charge in [-0.15, -0.1) is 0 Å². The van der Waals surface area contributed by atoms with E-state index in [1.165, 1.54) is 0 Å². The van der Waals surface area contributed by atoms with Crippen molar-refractivity contribution in [1.29, 1.82) is 0 Å². The number of fused-ring (bicyclic) bond motifs is 1. The lowest BCUT2D eigenvalue weighted by molar-refractivity contribution is 0.0983. The average molecular weight is 281 g/mol. The van der Waals surface area contributed by atoms with Crippen LogP contribution in [0.25, 0.3) is 11.0 Å². The number of rotatable bonds is 4. The van der Waals surface area contributed by atoms with Crippen LogP contribution in [0.1, 0.15) is 21.9 Å². The van der Waals surface area contributed by atoms with Gasteiger partial charge in [0.25, 0.3) is 0 Å². The van der Waals surface area contributed by atoms with Crippen LogP contribution >= 0.6 is 0 Å². The highest BCUT2D eigenvalue weighted by atomic mass is 16.5. The molecule has 0 atom stereocenters. The van der Waals surface area contributed by atoms with E-state index >= 15 is 0 Å². The number of carbonyl (C=O) groups excluding carboxylic acids is 1. The maximum absolute atomic E-state index is 12.4. The Morgan fingerprint density at radius 1 is 1.29 bits per heavy atom. The zero-order chi connectivity index (χ0) is 14.8. The number of imidazole rings is 1. The summed E-state index contributed by atoms with van der Waals surface area (Å²) in [4.78, 5) is 24.0. The number of nitrogens with one attached hydrogen (secondary N) is 1. The van der Waals surface area contributed by atoms with Crippen LogP contribution in [0, 0.1) is 6.92 Å². The molecule has 0 spiro atoms. The molecule has 0 bridgehead atoms. The number of hydrogen-bond acceptors (Lipinski definition) is 4. The molecule has 5 heteroatoms. The fourth-order valence-corrected chi connectivity index (χ4v) is 2.28. The van der Waals surface area contributed by atoms with Gasteiger partial charge in [0.1, 0.15) is 5.75 Å². The summed E-state index contributed by atoms with van der Waals surface area (Å²) in [6, 6.07) is 9.35. The van der Waals surface area contributed by atoms with Crippen LogP contribution in [0.2, 0.25) is 0 Å². The minimum absolute atomic E-state index is 0.0879. The smallest absolute Gasteiger partial charge is 0.204 e. The summed E-state index contributed by atoms with van der Waals surface area (Å²) < 4.78 is 5.25. The third-order valence-corrected chi connectivity index (χ3v) is 3.46. The first-order valence-electron chi connectivity index (χ1n) is 6.65. The Hall–Kier alpha value is -2.69. The zero-order valence-electron chi connectivity index (χ0n) is 11.9. The number of H-pyrrole nitrogens is 1. The van der Waals surface area contributed by atoms with Crippen molar-refractivity contribution in [3.63, 3.8) is 0 Å². The maximum atomic E-state index is 12.4. The van der Waals surface area contributed by atoms with Gasteiger partial charge in [-0.05, 0) is 25.1 Å². The van der Waals surface area contributed by atoms with E-state index in [9.17, 15) is 4.79 Å². The second-order valence-corrected chi connectivity index (χ2v) is 4.79. The minimum Gasteiger partial charge on any atom is -0.496 e. The quantitative estimate of drug-likeness (QED) is 0.747. The van der Waals surface area contributed by atoms with Crippen LogP contribution in [0.15, 0.2) is 36.5 Å². The van der Waals surface area contributed by atoms with Gasteiger partial charge in [0, 0.05) is 11.8 Å². The van der Waals surface area contributed by atoms with Gasteiger partial charge in [0.2, 0.25) is 5.78 Å². The predicted molar refractivity (Wildman–Crippen MR) is 79.7 cm³/mol. The maximum Gasteiger partial charge on any atom is 0.204 e. The van der Waals surface area contributed by atoms with Crippen molar-refractivity contribution < 1.29 is 9.53 Å². The second kappa shape index (κ2) is 5.36. The molecule has 106 valence electrons. The highest BCUT2D eigenvalue weighted by molar-refractivity contribution is 5.97. The van der Waals surface area contributed by atoms with Crippen molar-refractivity contribution in [2.75, 3.05) is 7.11 Å². The first-order valence-corrected chi connectivity index (χ1v) is 6.65. The third-order valence-electron chi connectivity index (χ3n) is 3.46. The largest absolute Gasteiger partial charge is 0.496 e. The molecule has 1 aromatic carbocycles. The number of methoxy groups -OCH3 is 1. The van der Waals surface area contributed by atoms with Gasteiger partial charge in [-0.2, -0.15) is 0 Å². The monoisotopic (exact) mass is 281 g/mol. The Kier molecular flexibility index (Phi) is 3.39. The molecule has 0 aliphatic rings. The number of para-hydroxylation sites is 2. The van der Waals surface area contributed by atoms with E-state index in [1.54, 1.807) is 19.4 Å². The fraction of sp³-hybridized carbons (Fsp3) is 0.188. The van der Waals surface area contributed by atoms with Gasteiger partial charge in [-0.1, -0.05) is 12.1 Å². The second-order valence-electron chi connectivity index (χ2n) is 4.79. The predicted octanol–water partition coefficient (Wildman–Crippen LogP) is 2.70. The number of Topliss-reactive ketones (excluding diaryl/α,β-unsaturated/α-hetero) is 1. The molecule has 0 saturated carbocycles. The number of nitrogens with zero attached hydrogens (tertiary/aromatic N) is 2. The SMILES string of the molecule is COc1ccnc(CC(=O)c2nc3ccccc3[nH]2)c1C. The number of aromatic amines is 1. The molecule has 5 nitrogen and oxygen atoms in total. The Morgan fingerprint density at radius 2 is 2.10 bits per heavy atom. The summed E-state index contributed by atoms with van der Waals surface area (Å²) in [6.07, 6.45) is 1.84. The molecule has 3 rings (SSSR count). The summed E-state index contributed by atoms with van der Waals surface area (Å²) in [5, 5.41) is 0. The van der Waals surface area contributed by atoms with Crippen LogP contribution in [-0.2, 0) is 6.42 Å². The van der Waals surface area contributed by atoms with E-state index in [0.717, 1.165) is 22.3 Å². The molecule has 0 saturated heterocycles. The lowest BCUT2D eigenvalue weighted by Gasteiger charge is -2.07. The van der Waals surface area contributed by atoms with Crippen LogP contribution in [0.4, 0.5) is 0 Å². The highest BCUT2D eigenvalue weighted by Crippen LogP contribution is 2.20. The number of carbonyl (C=O) groups is 1. The van der Waals surface area contributed by atoms with Crippen LogP contribution in [-0.4, -0.2) is 27.8 Å². The summed E-state index contributed by atoms with van der Waals surface area (Å²) in [6.45, 7) is 1.90. The zero-order valence-corrected chi connectivity index (χ0v) is 11.9. The van der Waals surface area contributed by atoms with Crippen LogP contribution in [0.3, 0.4) is 0 Å². The lowest BCUT2D eigenvalue weighted by Crippen LogP contribution is -2.09. The van der Waals surface area contributed by atoms with Gasteiger partial charge in [-0.3, -0.25) is 9.78 Å². The van der Waals surface area contributed by atoms with Gasteiger partial charge in [0.15, 0.2) is 5.82 Å². The summed E-state index contributed by atoms with van der Waals surface area (Å²) in [5.41, 5.74) is 3.23. The third kappa shape index (κ3) is 2.50. The van der Waals surface area contributed by atoms with Crippen molar-refractivity contribution in [3.8, 4) is 5.75 Å². The average Bonchev–Trinajstić information content (AvgIpc) is 2.93. The number of hydrogen-bond donors (Lipinski definition) is 1. The molecule has 0 aliphatic heterocycles. The van der Waals surface area contributed by atoms with Crippen LogP contribution < -0.4 is 4.74 Å². The summed E-state index contributed by atoms with van der Waals surface area (Å²) in [7, 11) is 1.60. The molecule has 1 N–H and O–H groups in total. The van der Waals surface area contributed by atoms with E-state index in [-0.39, 0.29) is 12.2 Å². The minimum atomic E-state index is -0.0879. The Balaban J connectivity index is 1.89. The van der Waals surface area contributed by atoms with Crippen molar-refractivity contribution in [1.82, 2.24) is 15.0 Å². The van der Waals surface area contributed by atoms with Crippen molar-refractivity contribution >= 4 is 16.8 Å². The van der Waals surface area contributed by atoms with E-state index in [1.807, 2.05) is 31.2 Å². The summed E-state index contributed by atoms with van der Waals surface area (Å²) in [5.74, 6) is 1.01. The molecule has 21 heavy (non-hydrogen) atoms. The van der Waals surface area contributed by atoms with Crippen molar-refractivity contribution in [2.24, 2.45) is 0 Å². The number of aromatic nitrogens is 3. The molecule has 2 aromatic heterocycles. The van der Waals surface area contributed by atoms with Crippen LogP contribution in [0.5, 0.6) is 5.75 Å². The molecular weight excluding hydrogens is 266 g/mol. The van der Waals surface area contributed by atoms with Crippen molar-refractivity contribution in [2.45, 2.75) is 13.3 Å². The Labute approximate surface area is 122 Å². The van der Waals surface area contributed by atoms with Gasteiger partial charge in [-0.25, -0.2) is 4.98 Å². The van der Waals surface area contributed by atoms with E-state index < -0.39 is 0 Å². The normalized spacial score (nSPS) is 10.8. The molecule has 0 unspecified atom stereocenters. The molecule has 2 heterocycles. The molecule has 0 radical (unpaired) electrons. The molecular formula is C16H15N3O2. The molecule has 0 aliphatic carbocycles. The van der Waals surface area contributed by atoms with E-state index in [0.29, 0.717) is 11.5 Å². The van der Waals surface area contributed by atoms with E-state index in [4.69, 9.17) is 4.74 Å². The standard InChI is InChI=1S/C16H15N3O2/c1-10-13(17-8-7-15(10)21-2)9-14(20)16-18-11-5-3-4-6-12(11)19-16/h3-8H,9H2,1-2H3,(H,18,19). The Morgan fingerprint density at radius 3 is 2.86 bits per heavy atom. The topological polar surface area (TPSA) is 67.9 Å². The Bertz CT molecular complexity index is 775. The lowest BCUT2D eigenvalue weighted by atomic mass is 10.1. The van der Waals surface area contributed by atoms with Crippen molar-refractivity contribution in [3.05, 3.63) is 53.6 Å². The van der Waals surface area contributed by atoms with Gasteiger partial charge >= 0.3 is 0 Å². The molecule has 3 aromatic rings. The fourth-order valence-electron chi connectivity index (χ4n) is 2.28. The first kappa shape index (κ1) is 13.3. The molecule has 0 fully saturated rings. The number of ether oxygens (including phenoxy) is 1. The number of ketones is 1.